The first-order valence-electron chi connectivity index (χ1n) is 6.45. The van der Waals surface area contributed by atoms with Crippen molar-refractivity contribution in [2.24, 2.45) is 0 Å². The van der Waals surface area contributed by atoms with Crippen LogP contribution < -0.4 is 15.8 Å². The van der Waals surface area contributed by atoms with Crippen LogP contribution in [0.4, 0.5) is 5.69 Å². The number of anilines is 1. The number of aromatic amines is 1. The van der Waals surface area contributed by atoms with Crippen molar-refractivity contribution in [1.82, 2.24) is 10.3 Å². The maximum atomic E-state index is 11.9. The van der Waals surface area contributed by atoms with E-state index in [9.17, 15) is 4.79 Å². The van der Waals surface area contributed by atoms with Gasteiger partial charge < -0.3 is 15.2 Å². The summed E-state index contributed by atoms with van der Waals surface area (Å²) >= 11 is 0. The van der Waals surface area contributed by atoms with Crippen LogP contribution in [-0.2, 0) is 0 Å². The van der Waals surface area contributed by atoms with Crippen LogP contribution in [-0.4, -0.2) is 30.7 Å². The Morgan fingerprint density at radius 2 is 2.24 bits per heavy atom. The van der Waals surface area contributed by atoms with Gasteiger partial charge in [0.25, 0.3) is 5.56 Å². The second kappa shape index (κ2) is 4.18. The molecule has 2 heterocycles. The Morgan fingerprint density at radius 1 is 1.41 bits per heavy atom. The van der Waals surface area contributed by atoms with Gasteiger partial charge in [0.15, 0.2) is 0 Å². The van der Waals surface area contributed by atoms with Crippen LogP contribution in [0.5, 0.6) is 0 Å². The van der Waals surface area contributed by atoms with Gasteiger partial charge >= 0.3 is 0 Å². The monoisotopic (exact) mass is 233 g/mol. The van der Waals surface area contributed by atoms with Crippen LogP contribution in [0.25, 0.3) is 0 Å². The number of piperazine rings is 1. The third kappa shape index (κ3) is 2.09. The fourth-order valence-corrected chi connectivity index (χ4v) is 2.67. The second-order valence-electron chi connectivity index (χ2n) is 5.18. The Kier molecular flexibility index (Phi) is 2.67. The molecule has 1 saturated heterocycles. The number of H-pyrrole nitrogens is 1. The predicted octanol–water partition coefficient (Wildman–Crippen LogP) is 1.05. The van der Waals surface area contributed by atoms with Gasteiger partial charge in [-0.25, -0.2) is 0 Å². The number of aromatic nitrogens is 1. The van der Waals surface area contributed by atoms with Gasteiger partial charge in [0.05, 0.1) is 0 Å². The largest absolute Gasteiger partial charge is 0.368 e. The molecule has 0 bridgehead atoms. The lowest BCUT2D eigenvalue weighted by Gasteiger charge is -2.34. The highest BCUT2D eigenvalue weighted by atomic mass is 16.1. The molecule has 3 rings (SSSR count). The topological polar surface area (TPSA) is 48.1 Å². The van der Waals surface area contributed by atoms with E-state index in [1.807, 2.05) is 0 Å². The van der Waals surface area contributed by atoms with Gasteiger partial charge in [0.2, 0.25) is 0 Å². The van der Waals surface area contributed by atoms with Crippen LogP contribution in [0.3, 0.4) is 0 Å². The highest BCUT2D eigenvalue weighted by Crippen LogP contribution is 2.42. The normalized spacial score (nSPS) is 25.0. The van der Waals surface area contributed by atoms with E-state index >= 15 is 0 Å². The summed E-state index contributed by atoms with van der Waals surface area (Å²) in [5.41, 5.74) is 2.28. The standard InChI is InChI=1S/C13H19N3O/c1-9-8-16(7-6-14-9)11-4-5-15-13(17)12(11)10-2-3-10/h4-5,9-10,14H,2-3,6-8H2,1H3,(H,15,17). The molecule has 1 unspecified atom stereocenters. The first kappa shape index (κ1) is 10.8. The van der Waals surface area contributed by atoms with Crippen molar-refractivity contribution >= 4 is 5.69 Å². The third-order valence-electron chi connectivity index (χ3n) is 3.67. The maximum Gasteiger partial charge on any atom is 0.253 e. The van der Waals surface area contributed by atoms with Crippen LogP contribution in [0.2, 0.25) is 0 Å². The zero-order chi connectivity index (χ0) is 11.8. The van der Waals surface area contributed by atoms with Crippen molar-refractivity contribution in [3.8, 4) is 0 Å². The fraction of sp³-hybridized carbons (Fsp3) is 0.615. The quantitative estimate of drug-likeness (QED) is 0.802. The molecule has 92 valence electrons. The maximum absolute atomic E-state index is 11.9. The van der Waals surface area contributed by atoms with Gasteiger partial charge in [-0.2, -0.15) is 0 Å². The lowest BCUT2D eigenvalue weighted by molar-refractivity contribution is 0.484. The van der Waals surface area contributed by atoms with E-state index in [4.69, 9.17) is 0 Å². The van der Waals surface area contributed by atoms with Crippen LogP contribution >= 0.6 is 0 Å². The summed E-state index contributed by atoms with van der Waals surface area (Å²) in [6.07, 6.45) is 4.11. The van der Waals surface area contributed by atoms with Crippen molar-refractivity contribution < 1.29 is 0 Å². The Labute approximate surface area is 101 Å². The Hall–Kier alpha value is -1.29. The van der Waals surface area contributed by atoms with Gasteiger partial charge in [0.1, 0.15) is 0 Å². The molecule has 1 atom stereocenters. The smallest absolute Gasteiger partial charge is 0.253 e. The van der Waals surface area contributed by atoms with Crippen LogP contribution in [0.15, 0.2) is 17.1 Å². The fourth-order valence-electron chi connectivity index (χ4n) is 2.67. The Balaban J connectivity index is 1.96. The van der Waals surface area contributed by atoms with Gasteiger partial charge in [0, 0.05) is 43.1 Å². The molecule has 1 aliphatic carbocycles. The Morgan fingerprint density at radius 3 is 2.94 bits per heavy atom. The number of pyridine rings is 1. The molecule has 2 fully saturated rings. The first-order chi connectivity index (χ1) is 8.25. The van der Waals surface area contributed by atoms with E-state index in [1.54, 1.807) is 6.20 Å². The molecule has 2 aliphatic rings. The number of nitrogens with one attached hydrogen (secondary N) is 2. The predicted molar refractivity (Wildman–Crippen MR) is 68.7 cm³/mol. The van der Waals surface area contributed by atoms with E-state index in [0.717, 1.165) is 30.9 Å². The summed E-state index contributed by atoms with van der Waals surface area (Å²) < 4.78 is 0. The summed E-state index contributed by atoms with van der Waals surface area (Å²) in [7, 11) is 0. The van der Waals surface area contributed by atoms with Crippen molar-refractivity contribution in [1.29, 1.82) is 0 Å². The molecular weight excluding hydrogens is 214 g/mol. The molecule has 1 aliphatic heterocycles. The summed E-state index contributed by atoms with van der Waals surface area (Å²) in [6.45, 7) is 5.17. The zero-order valence-corrected chi connectivity index (χ0v) is 10.2. The summed E-state index contributed by atoms with van der Waals surface area (Å²) in [4.78, 5) is 17.1. The van der Waals surface area contributed by atoms with Crippen molar-refractivity contribution in [2.75, 3.05) is 24.5 Å². The molecule has 0 amide bonds. The number of rotatable bonds is 2. The third-order valence-corrected chi connectivity index (χ3v) is 3.67. The highest BCUT2D eigenvalue weighted by Gasteiger charge is 2.31. The SMILES string of the molecule is CC1CN(c2cc[nH]c(=O)c2C2CC2)CCN1. The molecule has 1 saturated carbocycles. The zero-order valence-electron chi connectivity index (χ0n) is 10.2. The number of hydrogen-bond acceptors (Lipinski definition) is 3. The minimum Gasteiger partial charge on any atom is -0.368 e. The molecule has 4 heteroatoms. The molecule has 17 heavy (non-hydrogen) atoms. The summed E-state index contributed by atoms with van der Waals surface area (Å²) in [5.74, 6) is 0.500. The van der Waals surface area contributed by atoms with Crippen molar-refractivity contribution in [3.05, 3.63) is 28.2 Å². The van der Waals surface area contributed by atoms with E-state index in [2.05, 4.69) is 28.2 Å². The van der Waals surface area contributed by atoms with Crippen LogP contribution in [0, 0.1) is 0 Å². The molecule has 1 aromatic heterocycles. The van der Waals surface area contributed by atoms with E-state index < -0.39 is 0 Å². The summed E-state index contributed by atoms with van der Waals surface area (Å²) in [6, 6.07) is 2.56. The Bertz CT molecular complexity index is 464. The van der Waals surface area contributed by atoms with E-state index in [0.29, 0.717) is 12.0 Å². The van der Waals surface area contributed by atoms with Gasteiger partial charge in [-0.3, -0.25) is 4.79 Å². The molecule has 0 aromatic carbocycles. The molecule has 2 N–H and O–H groups in total. The number of nitrogens with zero attached hydrogens (tertiary/aromatic N) is 1. The van der Waals surface area contributed by atoms with Crippen molar-refractivity contribution in [3.63, 3.8) is 0 Å². The number of hydrogen-bond donors (Lipinski definition) is 2. The minimum absolute atomic E-state index is 0.108. The molecule has 0 radical (unpaired) electrons. The van der Waals surface area contributed by atoms with Gasteiger partial charge in [-0.1, -0.05) is 0 Å². The molecule has 4 nitrogen and oxygen atoms in total. The molecule has 0 spiro atoms. The minimum atomic E-state index is 0.108. The average Bonchev–Trinajstić information content (AvgIpc) is 3.12. The summed E-state index contributed by atoms with van der Waals surface area (Å²) in [5, 5.41) is 3.43. The van der Waals surface area contributed by atoms with E-state index in [-0.39, 0.29) is 5.56 Å². The average molecular weight is 233 g/mol. The lowest BCUT2D eigenvalue weighted by Crippen LogP contribution is -2.49. The van der Waals surface area contributed by atoms with E-state index in [1.165, 1.54) is 12.8 Å². The van der Waals surface area contributed by atoms with Gasteiger partial charge in [-0.15, -0.1) is 0 Å². The highest BCUT2D eigenvalue weighted by molar-refractivity contribution is 5.55. The molecule has 1 aromatic rings. The van der Waals surface area contributed by atoms with Crippen LogP contribution in [0.1, 0.15) is 31.2 Å². The second-order valence-corrected chi connectivity index (χ2v) is 5.18. The molecular formula is C13H19N3O. The van der Waals surface area contributed by atoms with Gasteiger partial charge in [-0.05, 0) is 31.7 Å². The lowest BCUT2D eigenvalue weighted by atomic mass is 10.1. The van der Waals surface area contributed by atoms with Crippen molar-refractivity contribution in [2.45, 2.75) is 31.7 Å². The first-order valence-corrected chi connectivity index (χ1v) is 6.45.